The Morgan fingerprint density at radius 1 is 1.17 bits per heavy atom. The third-order valence-corrected chi connectivity index (χ3v) is 5.56. The number of hydrogen-bond acceptors (Lipinski definition) is 6. The van der Waals surface area contributed by atoms with Gasteiger partial charge >= 0.3 is 17.9 Å². The molecule has 2 aromatic rings. The van der Waals surface area contributed by atoms with Gasteiger partial charge in [-0.05, 0) is 35.1 Å². The van der Waals surface area contributed by atoms with Crippen molar-refractivity contribution in [1.82, 2.24) is 4.90 Å². The smallest absolute Gasteiger partial charge is 0.328 e. The Hall–Kier alpha value is -2.68. The number of hydrogen-bond donors (Lipinski definition) is 2. The zero-order valence-corrected chi connectivity index (χ0v) is 17.2. The van der Waals surface area contributed by atoms with Crippen molar-refractivity contribution in [2.24, 2.45) is 0 Å². The van der Waals surface area contributed by atoms with E-state index in [1.807, 2.05) is 24.3 Å². The van der Waals surface area contributed by atoms with E-state index in [0.29, 0.717) is 17.2 Å². The zero-order chi connectivity index (χ0) is 21.4. The Morgan fingerprint density at radius 3 is 2.41 bits per heavy atom. The maximum absolute atomic E-state index is 12.3. The maximum Gasteiger partial charge on any atom is 0.328 e. The fraction of sp³-hybridized carbons (Fsp3) is 0.250. The summed E-state index contributed by atoms with van der Waals surface area (Å²) in [5.74, 6) is -2.78. The summed E-state index contributed by atoms with van der Waals surface area (Å²) in [7, 11) is 1.42. The first kappa shape index (κ1) is 22.6. The van der Waals surface area contributed by atoms with Crippen LogP contribution in [0.4, 0.5) is 0 Å². The van der Waals surface area contributed by atoms with Crippen molar-refractivity contribution < 1.29 is 29.3 Å². The van der Waals surface area contributed by atoms with Gasteiger partial charge in [-0.2, -0.15) is 0 Å². The van der Waals surface area contributed by atoms with Crippen molar-refractivity contribution in [3.05, 3.63) is 68.9 Å². The van der Waals surface area contributed by atoms with Crippen molar-refractivity contribution in [2.45, 2.75) is 19.0 Å². The van der Waals surface area contributed by atoms with Crippen LogP contribution in [0.2, 0.25) is 5.02 Å². The number of nitrogens with zero attached hydrogens (tertiary/aromatic N) is 1. The SMILES string of the molecule is COC(=O)[C@H](c1ccccc1Cl)N1CCc2sccc2C1.O=C(O)/C=C\C(=O)O. The lowest BCUT2D eigenvalue weighted by atomic mass is 10.0. The number of carboxylic acid groups (broad SMARTS) is 2. The van der Waals surface area contributed by atoms with E-state index >= 15 is 0 Å². The van der Waals surface area contributed by atoms with Gasteiger partial charge in [-0.25, -0.2) is 14.4 Å². The number of rotatable bonds is 5. The van der Waals surface area contributed by atoms with Crippen LogP contribution in [-0.4, -0.2) is 46.7 Å². The molecule has 154 valence electrons. The third kappa shape index (κ3) is 6.42. The molecular weight excluding hydrogens is 418 g/mol. The topological polar surface area (TPSA) is 104 Å². The third-order valence-electron chi connectivity index (χ3n) is 4.20. The number of thiophene rings is 1. The van der Waals surface area contributed by atoms with Gasteiger partial charge in [0.15, 0.2) is 0 Å². The lowest BCUT2D eigenvalue weighted by Crippen LogP contribution is -2.38. The molecule has 7 nitrogen and oxygen atoms in total. The first-order chi connectivity index (χ1) is 13.8. The van der Waals surface area contributed by atoms with Gasteiger partial charge in [0.25, 0.3) is 0 Å². The van der Waals surface area contributed by atoms with E-state index < -0.39 is 18.0 Å². The first-order valence-corrected chi connectivity index (χ1v) is 9.84. The molecule has 0 radical (unpaired) electrons. The lowest BCUT2D eigenvalue weighted by Gasteiger charge is -2.33. The predicted octanol–water partition coefficient (Wildman–Crippen LogP) is 3.39. The number of ether oxygens (including phenoxy) is 1. The number of methoxy groups -OCH3 is 1. The van der Waals surface area contributed by atoms with Gasteiger partial charge in [0.1, 0.15) is 6.04 Å². The van der Waals surface area contributed by atoms with E-state index in [4.69, 9.17) is 26.6 Å². The van der Waals surface area contributed by atoms with Crippen LogP contribution in [0.3, 0.4) is 0 Å². The molecule has 1 aliphatic heterocycles. The Kier molecular flexibility index (Phi) is 8.38. The Labute approximate surface area is 176 Å². The van der Waals surface area contributed by atoms with Crippen LogP contribution in [0.5, 0.6) is 0 Å². The van der Waals surface area contributed by atoms with E-state index in [0.717, 1.165) is 25.1 Å². The highest BCUT2D eigenvalue weighted by Gasteiger charge is 2.32. The summed E-state index contributed by atoms with van der Waals surface area (Å²) >= 11 is 8.07. The molecule has 1 aliphatic rings. The second kappa shape index (κ2) is 10.8. The highest BCUT2D eigenvalue weighted by Crippen LogP contribution is 2.33. The van der Waals surface area contributed by atoms with Crippen molar-refractivity contribution in [2.75, 3.05) is 13.7 Å². The molecule has 0 bridgehead atoms. The van der Waals surface area contributed by atoms with Crippen LogP contribution in [0.15, 0.2) is 47.9 Å². The summed E-state index contributed by atoms with van der Waals surface area (Å²) in [6.07, 6.45) is 2.08. The second-order valence-electron chi connectivity index (χ2n) is 6.05. The molecule has 2 heterocycles. The Balaban J connectivity index is 0.000000321. The summed E-state index contributed by atoms with van der Waals surface area (Å²) in [4.78, 5) is 35.0. The molecule has 0 saturated heterocycles. The van der Waals surface area contributed by atoms with Gasteiger partial charge < -0.3 is 14.9 Å². The molecule has 0 unspecified atom stereocenters. The number of carboxylic acids is 2. The summed E-state index contributed by atoms with van der Waals surface area (Å²) in [5.41, 5.74) is 2.11. The molecule has 0 spiro atoms. The molecule has 0 fully saturated rings. The van der Waals surface area contributed by atoms with Gasteiger partial charge in [-0.3, -0.25) is 4.90 Å². The van der Waals surface area contributed by atoms with E-state index in [1.54, 1.807) is 11.3 Å². The Bertz CT molecular complexity index is 894. The number of carbonyl (C=O) groups excluding carboxylic acids is 1. The average Bonchev–Trinajstić information content (AvgIpc) is 3.16. The van der Waals surface area contributed by atoms with Crippen LogP contribution in [0, 0.1) is 0 Å². The molecule has 1 aromatic carbocycles. The normalized spacial score (nSPS) is 14.4. The molecule has 3 rings (SSSR count). The van der Waals surface area contributed by atoms with Gasteiger partial charge in [-0.1, -0.05) is 29.8 Å². The van der Waals surface area contributed by atoms with Gasteiger partial charge in [0.05, 0.1) is 7.11 Å². The molecule has 1 atom stereocenters. The first-order valence-electron chi connectivity index (χ1n) is 8.59. The number of esters is 1. The number of fused-ring (bicyclic) bond motifs is 1. The molecule has 9 heteroatoms. The summed E-state index contributed by atoms with van der Waals surface area (Å²) < 4.78 is 5.01. The van der Waals surface area contributed by atoms with Crippen molar-refractivity contribution >= 4 is 40.8 Å². The van der Waals surface area contributed by atoms with Crippen molar-refractivity contribution in [1.29, 1.82) is 0 Å². The monoisotopic (exact) mass is 437 g/mol. The van der Waals surface area contributed by atoms with Gasteiger partial charge in [0, 0.05) is 35.1 Å². The quantitative estimate of drug-likeness (QED) is 0.545. The number of halogens is 1. The van der Waals surface area contributed by atoms with Crippen LogP contribution in [0.1, 0.15) is 22.0 Å². The molecule has 0 aliphatic carbocycles. The van der Waals surface area contributed by atoms with Gasteiger partial charge in [0.2, 0.25) is 0 Å². The second-order valence-corrected chi connectivity index (χ2v) is 7.45. The molecule has 2 N–H and O–H groups in total. The minimum absolute atomic E-state index is 0.262. The van der Waals surface area contributed by atoms with Crippen LogP contribution in [0.25, 0.3) is 0 Å². The van der Waals surface area contributed by atoms with Crippen LogP contribution in [-0.2, 0) is 32.1 Å². The van der Waals surface area contributed by atoms with E-state index in [-0.39, 0.29) is 5.97 Å². The lowest BCUT2D eigenvalue weighted by molar-refractivity contribution is -0.147. The van der Waals surface area contributed by atoms with E-state index in [9.17, 15) is 14.4 Å². The fourth-order valence-corrected chi connectivity index (χ4v) is 4.04. The van der Waals surface area contributed by atoms with E-state index in [2.05, 4.69) is 16.3 Å². The van der Waals surface area contributed by atoms with Crippen LogP contribution < -0.4 is 0 Å². The zero-order valence-electron chi connectivity index (χ0n) is 15.6. The summed E-state index contributed by atoms with van der Waals surface area (Å²) in [6.45, 7) is 1.59. The van der Waals surface area contributed by atoms with Crippen molar-refractivity contribution in [3.63, 3.8) is 0 Å². The predicted molar refractivity (Wildman–Crippen MR) is 109 cm³/mol. The van der Waals surface area contributed by atoms with Crippen molar-refractivity contribution in [3.8, 4) is 0 Å². The summed E-state index contributed by atoms with van der Waals surface area (Å²) in [6, 6.07) is 9.16. The molecule has 29 heavy (non-hydrogen) atoms. The standard InChI is InChI=1S/C16H16ClNO2S.C4H4O4/c1-20-16(19)15(12-4-2-3-5-13(12)17)18-8-6-14-11(10-18)7-9-21-14;5-3(6)1-2-4(7)8/h2-5,7,9,15H,6,8,10H2,1H3;1-2H,(H,5,6)(H,7,8)/b;2-1-/t15-;/m0./s1. The number of aliphatic carboxylic acids is 2. The maximum atomic E-state index is 12.3. The number of benzene rings is 1. The van der Waals surface area contributed by atoms with Gasteiger partial charge in [-0.15, -0.1) is 11.3 Å². The summed E-state index contributed by atoms with van der Waals surface area (Å²) in [5, 5.41) is 18.3. The highest BCUT2D eigenvalue weighted by atomic mass is 35.5. The molecule has 0 saturated carbocycles. The highest BCUT2D eigenvalue weighted by molar-refractivity contribution is 7.10. The van der Waals surface area contributed by atoms with E-state index in [1.165, 1.54) is 17.6 Å². The molecule has 1 aromatic heterocycles. The van der Waals surface area contributed by atoms with Crippen LogP contribution >= 0.6 is 22.9 Å². The average molecular weight is 438 g/mol. The molecule has 0 amide bonds. The fourth-order valence-electron chi connectivity index (χ4n) is 2.91. The Morgan fingerprint density at radius 2 is 1.83 bits per heavy atom. The minimum Gasteiger partial charge on any atom is -0.478 e. The molecular formula is C20H20ClNO6S. The minimum atomic E-state index is -1.26. The number of carbonyl (C=O) groups is 3. The largest absolute Gasteiger partial charge is 0.478 e.